The molecule has 31 heavy (non-hydrogen) atoms. The van der Waals surface area contributed by atoms with Crippen LogP contribution in [0.1, 0.15) is 10.4 Å². The Balaban J connectivity index is 1.84. The number of aryl methyl sites for hydroxylation is 1. The number of benzene rings is 2. The second-order valence-electron chi connectivity index (χ2n) is 5.96. The first-order valence-corrected chi connectivity index (χ1v) is 9.34. The largest absolute Gasteiger partial charge is 0.493 e. The number of ether oxygens (including phenoxy) is 2. The van der Waals surface area contributed by atoms with Crippen molar-refractivity contribution in [2.75, 3.05) is 12.4 Å². The van der Waals surface area contributed by atoms with Crippen LogP contribution in [-0.2, 0) is 7.05 Å². The number of methoxy groups -OCH3 is 1. The molecule has 0 radical (unpaired) electrons. The molecular formula is C18H15F2N5O5S. The van der Waals surface area contributed by atoms with E-state index in [1.165, 1.54) is 37.7 Å². The molecule has 10 nitrogen and oxygen atoms in total. The maximum Gasteiger partial charge on any atom is 0.387 e. The summed E-state index contributed by atoms with van der Waals surface area (Å²) >= 11 is 1.03. The van der Waals surface area contributed by atoms with Gasteiger partial charge in [0.25, 0.3) is 11.6 Å². The number of nitro groups is 1. The van der Waals surface area contributed by atoms with E-state index < -0.39 is 17.4 Å². The van der Waals surface area contributed by atoms with Crippen LogP contribution in [0, 0.1) is 10.1 Å². The van der Waals surface area contributed by atoms with Crippen molar-refractivity contribution in [3.8, 4) is 11.5 Å². The number of halogens is 2. The van der Waals surface area contributed by atoms with Gasteiger partial charge >= 0.3 is 6.61 Å². The summed E-state index contributed by atoms with van der Waals surface area (Å²) in [7, 11) is 2.97. The van der Waals surface area contributed by atoms with Crippen LogP contribution in [0.4, 0.5) is 20.2 Å². The minimum absolute atomic E-state index is 0.00108. The van der Waals surface area contributed by atoms with Crippen molar-refractivity contribution in [1.29, 1.82) is 0 Å². The number of rotatable bonds is 8. The summed E-state index contributed by atoms with van der Waals surface area (Å²) < 4.78 is 36.1. The van der Waals surface area contributed by atoms with Gasteiger partial charge in [-0.25, -0.2) is 0 Å². The van der Waals surface area contributed by atoms with Crippen LogP contribution in [0.25, 0.3) is 0 Å². The number of nitro benzene ring substituents is 1. The Morgan fingerprint density at radius 1 is 1.26 bits per heavy atom. The van der Waals surface area contributed by atoms with E-state index >= 15 is 0 Å². The van der Waals surface area contributed by atoms with Gasteiger partial charge in [-0.2, -0.15) is 8.78 Å². The lowest BCUT2D eigenvalue weighted by Gasteiger charge is -2.12. The van der Waals surface area contributed by atoms with Crippen molar-refractivity contribution in [1.82, 2.24) is 14.8 Å². The van der Waals surface area contributed by atoms with Gasteiger partial charge in [0.2, 0.25) is 0 Å². The van der Waals surface area contributed by atoms with Crippen LogP contribution in [0.5, 0.6) is 11.5 Å². The quantitative estimate of drug-likeness (QED) is 0.406. The zero-order chi connectivity index (χ0) is 22.5. The van der Waals surface area contributed by atoms with Crippen molar-refractivity contribution < 1.29 is 28.0 Å². The van der Waals surface area contributed by atoms with Crippen LogP contribution < -0.4 is 14.8 Å². The zero-order valence-electron chi connectivity index (χ0n) is 16.1. The highest BCUT2D eigenvalue weighted by Crippen LogP contribution is 2.35. The summed E-state index contributed by atoms with van der Waals surface area (Å²) in [5.41, 5.74) is -0.153. The van der Waals surface area contributed by atoms with Gasteiger partial charge < -0.3 is 19.4 Å². The molecule has 0 aliphatic heterocycles. The van der Waals surface area contributed by atoms with Crippen LogP contribution >= 0.6 is 11.8 Å². The number of carbonyl (C=O) groups is 1. The molecule has 0 atom stereocenters. The van der Waals surface area contributed by atoms with Crippen LogP contribution in [0.15, 0.2) is 52.8 Å². The van der Waals surface area contributed by atoms with E-state index in [-0.39, 0.29) is 33.3 Å². The van der Waals surface area contributed by atoms with Crippen LogP contribution in [-0.4, -0.2) is 39.3 Å². The van der Waals surface area contributed by atoms with Crippen molar-refractivity contribution in [2.24, 2.45) is 7.05 Å². The molecule has 0 saturated carbocycles. The predicted octanol–water partition coefficient (Wildman–Crippen LogP) is 3.74. The van der Waals surface area contributed by atoms with E-state index in [1.54, 1.807) is 11.6 Å². The summed E-state index contributed by atoms with van der Waals surface area (Å²) in [5.74, 6) is -0.887. The van der Waals surface area contributed by atoms with E-state index in [1.807, 2.05) is 0 Å². The average Bonchev–Trinajstić information content (AvgIpc) is 3.12. The third-order valence-corrected chi connectivity index (χ3v) is 5.04. The number of amides is 1. The van der Waals surface area contributed by atoms with Crippen LogP contribution in [0.2, 0.25) is 0 Å². The lowest BCUT2D eigenvalue weighted by molar-refractivity contribution is -0.387. The second kappa shape index (κ2) is 9.38. The van der Waals surface area contributed by atoms with Crippen molar-refractivity contribution in [2.45, 2.75) is 16.7 Å². The molecule has 3 rings (SSSR count). The van der Waals surface area contributed by atoms with Gasteiger partial charge in [0, 0.05) is 30.4 Å². The zero-order valence-corrected chi connectivity index (χ0v) is 16.9. The van der Waals surface area contributed by atoms with Gasteiger partial charge in [-0.15, -0.1) is 10.2 Å². The number of nitrogens with zero attached hydrogens (tertiary/aromatic N) is 4. The molecule has 1 amide bonds. The average molecular weight is 451 g/mol. The van der Waals surface area contributed by atoms with E-state index in [2.05, 4.69) is 20.3 Å². The summed E-state index contributed by atoms with van der Waals surface area (Å²) in [6, 6.07) is 7.87. The number of aromatic nitrogens is 3. The fourth-order valence-corrected chi connectivity index (χ4v) is 3.35. The Morgan fingerprint density at radius 2 is 2.03 bits per heavy atom. The fraction of sp³-hybridized carbons (Fsp3) is 0.167. The van der Waals surface area contributed by atoms with E-state index in [4.69, 9.17) is 4.74 Å². The van der Waals surface area contributed by atoms with Gasteiger partial charge in [0.1, 0.15) is 6.33 Å². The fourth-order valence-electron chi connectivity index (χ4n) is 2.50. The third kappa shape index (κ3) is 5.25. The molecule has 0 fully saturated rings. The van der Waals surface area contributed by atoms with Gasteiger partial charge in [-0.05, 0) is 36.0 Å². The molecule has 2 aromatic carbocycles. The standard InChI is InChI=1S/C18H15F2N5O5S/c1-24-9-21-23-18(24)31-15-6-3-10(7-12(15)25(27)28)16(26)22-11-4-5-13(29-2)14(8-11)30-17(19)20/h3-9,17H,1-2H3,(H,22,26). The van der Waals surface area contributed by atoms with Crippen molar-refractivity contribution >= 4 is 29.0 Å². The van der Waals surface area contributed by atoms with Gasteiger partial charge in [-0.1, -0.05) is 0 Å². The molecular weight excluding hydrogens is 436 g/mol. The summed E-state index contributed by atoms with van der Waals surface area (Å²) in [5, 5.41) is 22.0. The monoisotopic (exact) mass is 451 g/mol. The molecule has 3 aromatic rings. The van der Waals surface area contributed by atoms with E-state index in [9.17, 15) is 23.7 Å². The lowest BCUT2D eigenvalue weighted by atomic mass is 10.2. The molecule has 0 aliphatic carbocycles. The Labute approximate surface area is 178 Å². The minimum atomic E-state index is -3.08. The van der Waals surface area contributed by atoms with Crippen molar-refractivity contribution in [3.05, 3.63) is 58.4 Å². The molecule has 1 aromatic heterocycles. The van der Waals surface area contributed by atoms with E-state index in [0.29, 0.717) is 5.16 Å². The first-order valence-electron chi connectivity index (χ1n) is 8.53. The van der Waals surface area contributed by atoms with Crippen molar-refractivity contribution in [3.63, 3.8) is 0 Å². The first kappa shape index (κ1) is 22.0. The van der Waals surface area contributed by atoms with Gasteiger partial charge in [0.15, 0.2) is 16.7 Å². The Hall–Kier alpha value is -3.74. The highest BCUT2D eigenvalue weighted by Gasteiger charge is 2.20. The topological polar surface area (TPSA) is 121 Å². The lowest BCUT2D eigenvalue weighted by Crippen LogP contribution is -2.13. The highest BCUT2D eigenvalue weighted by atomic mass is 32.2. The van der Waals surface area contributed by atoms with Crippen LogP contribution in [0.3, 0.4) is 0 Å². The summed E-state index contributed by atoms with van der Waals surface area (Å²) in [6.07, 6.45) is 1.46. The molecule has 0 bridgehead atoms. The second-order valence-corrected chi connectivity index (χ2v) is 6.97. The molecule has 0 spiro atoms. The number of anilines is 1. The minimum Gasteiger partial charge on any atom is -0.493 e. The van der Waals surface area contributed by atoms with E-state index in [0.717, 1.165) is 23.9 Å². The molecule has 1 N–H and O–H groups in total. The smallest absolute Gasteiger partial charge is 0.387 e. The number of hydrogen-bond donors (Lipinski definition) is 1. The SMILES string of the molecule is COc1ccc(NC(=O)c2ccc(Sc3nncn3C)c([N+](=O)[O-])c2)cc1OC(F)F. The number of nitrogens with one attached hydrogen (secondary N) is 1. The predicted molar refractivity (Wildman–Crippen MR) is 106 cm³/mol. The van der Waals surface area contributed by atoms with Gasteiger partial charge in [0.05, 0.1) is 16.9 Å². The number of alkyl halides is 2. The summed E-state index contributed by atoms with van der Waals surface area (Å²) in [6.45, 7) is -3.08. The molecule has 13 heteroatoms. The maximum absolute atomic E-state index is 12.6. The molecule has 1 heterocycles. The Kier molecular flexibility index (Phi) is 6.65. The summed E-state index contributed by atoms with van der Waals surface area (Å²) in [4.78, 5) is 23.7. The highest BCUT2D eigenvalue weighted by molar-refractivity contribution is 7.99. The maximum atomic E-state index is 12.6. The molecule has 0 unspecified atom stereocenters. The Bertz CT molecular complexity index is 1120. The molecule has 162 valence electrons. The molecule has 0 aliphatic rings. The Morgan fingerprint density at radius 3 is 2.65 bits per heavy atom. The number of carbonyl (C=O) groups excluding carboxylic acids is 1. The molecule has 0 saturated heterocycles. The normalized spacial score (nSPS) is 10.7. The third-order valence-electron chi connectivity index (χ3n) is 3.93. The first-order chi connectivity index (χ1) is 14.8. The van der Waals surface area contributed by atoms with Gasteiger partial charge in [-0.3, -0.25) is 14.9 Å². The number of hydrogen-bond acceptors (Lipinski definition) is 8.